The van der Waals surface area contributed by atoms with Crippen molar-refractivity contribution >= 4 is 11.8 Å². The molecule has 0 aromatic rings. The highest BCUT2D eigenvalue weighted by atomic mass is 16.2. The Morgan fingerprint density at radius 2 is 1.62 bits per heavy atom. The largest absolute Gasteiger partial charge is 0.352 e. The number of amides is 2. The van der Waals surface area contributed by atoms with E-state index in [0.717, 1.165) is 77.8 Å². The summed E-state index contributed by atoms with van der Waals surface area (Å²) >= 11 is 0. The van der Waals surface area contributed by atoms with Gasteiger partial charge in [0.1, 0.15) is 0 Å². The summed E-state index contributed by atoms with van der Waals surface area (Å²) in [6.07, 6.45) is 6.04. The van der Waals surface area contributed by atoms with Gasteiger partial charge in [-0.1, -0.05) is 20.3 Å². The van der Waals surface area contributed by atoms with E-state index >= 15 is 0 Å². The molecule has 2 fully saturated rings. The molecular formula is C20H38N4O2. The Hall–Kier alpha value is -1.14. The van der Waals surface area contributed by atoms with E-state index in [-0.39, 0.29) is 17.7 Å². The molecule has 2 aliphatic heterocycles. The molecule has 0 unspecified atom stereocenters. The molecule has 0 spiro atoms. The molecule has 0 aromatic heterocycles. The molecule has 26 heavy (non-hydrogen) atoms. The van der Waals surface area contributed by atoms with Gasteiger partial charge in [0.05, 0.1) is 6.54 Å². The predicted molar refractivity (Wildman–Crippen MR) is 105 cm³/mol. The van der Waals surface area contributed by atoms with Crippen molar-refractivity contribution in [3.8, 4) is 0 Å². The van der Waals surface area contributed by atoms with Gasteiger partial charge in [-0.3, -0.25) is 14.5 Å². The minimum atomic E-state index is 0.134. The lowest BCUT2D eigenvalue weighted by Crippen LogP contribution is -2.49. The van der Waals surface area contributed by atoms with Crippen LogP contribution in [0.2, 0.25) is 0 Å². The summed E-state index contributed by atoms with van der Waals surface area (Å²) in [6.45, 7) is 10.6. The minimum absolute atomic E-state index is 0.134. The third kappa shape index (κ3) is 6.54. The van der Waals surface area contributed by atoms with Crippen molar-refractivity contribution in [3.05, 3.63) is 0 Å². The molecule has 0 radical (unpaired) electrons. The maximum absolute atomic E-state index is 12.5. The van der Waals surface area contributed by atoms with E-state index in [0.29, 0.717) is 12.6 Å². The Kier molecular flexibility index (Phi) is 8.85. The topological polar surface area (TPSA) is 55.9 Å². The molecule has 0 aromatic carbocycles. The van der Waals surface area contributed by atoms with Crippen LogP contribution in [-0.2, 0) is 9.59 Å². The molecule has 0 aliphatic carbocycles. The Balaban J connectivity index is 1.65. The van der Waals surface area contributed by atoms with Crippen molar-refractivity contribution in [1.82, 2.24) is 20.0 Å². The zero-order valence-electron chi connectivity index (χ0n) is 17.0. The van der Waals surface area contributed by atoms with Gasteiger partial charge in [-0.05, 0) is 51.7 Å². The van der Waals surface area contributed by atoms with Crippen molar-refractivity contribution < 1.29 is 9.59 Å². The van der Waals surface area contributed by atoms with E-state index in [1.165, 1.54) is 0 Å². The quantitative estimate of drug-likeness (QED) is 0.708. The smallest absolute Gasteiger partial charge is 0.234 e. The zero-order chi connectivity index (χ0) is 18.9. The van der Waals surface area contributed by atoms with Gasteiger partial charge in [0.25, 0.3) is 0 Å². The Bertz CT molecular complexity index is 441. The minimum Gasteiger partial charge on any atom is -0.352 e. The van der Waals surface area contributed by atoms with Gasteiger partial charge in [-0.15, -0.1) is 0 Å². The number of hydrogen-bond acceptors (Lipinski definition) is 4. The van der Waals surface area contributed by atoms with Crippen LogP contribution in [0, 0.1) is 5.92 Å². The first kappa shape index (κ1) is 21.2. The number of nitrogens with zero attached hydrogens (tertiary/aromatic N) is 3. The van der Waals surface area contributed by atoms with Crippen LogP contribution in [0.15, 0.2) is 0 Å². The first-order valence-corrected chi connectivity index (χ1v) is 10.5. The molecule has 6 heteroatoms. The van der Waals surface area contributed by atoms with E-state index < -0.39 is 0 Å². The van der Waals surface area contributed by atoms with Crippen LogP contribution in [0.1, 0.15) is 52.4 Å². The normalized spacial score (nSPS) is 20.9. The molecule has 150 valence electrons. The summed E-state index contributed by atoms with van der Waals surface area (Å²) in [5.74, 6) is 0.560. The van der Waals surface area contributed by atoms with Crippen molar-refractivity contribution in [2.75, 3.05) is 52.9 Å². The van der Waals surface area contributed by atoms with E-state index in [9.17, 15) is 9.59 Å². The van der Waals surface area contributed by atoms with Crippen LogP contribution < -0.4 is 5.32 Å². The maximum Gasteiger partial charge on any atom is 0.234 e. The van der Waals surface area contributed by atoms with Crippen LogP contribution in [0.5, 0.6) is 0 Å². The molecule has 0 saturated carbocycles. The zero-order valence-corrected chi connectivity index (χ0v) is 17.0. The number of carbonyl (C=O) groups excluding carboxylic acids is 2. The molecule has 6 nitrogen and oxygen atoms in total. The standard InChI is InChI=1S/C20H38N4O2/c1-4-6-11-22(3)20(26)17-7-12-24(13-8-17)16-19(25)21-18-9-14-23(5-2)15-10-18/h17-18H,4-16H2,1-3H3,(H,21,25). The average molecular weight is 367 g/mol. The fourth-order valence-corrected chi connectivity index (χ4v) is 4.03. The second-order valence-corrected chi connectivity index (χ2v) is 7.94. The second kappa shape index (κ2) is 10.9. The van der Waals surface area contributed by atoms with Crippen LogP contribution in [-0.4, -0.2) is 85.4 Å². The highest BCUT2D eigenvalue weighted by molar-refractivity contribution is 5.79. The SMILES string of the molecule is CCCCN(C)C(=O)C1CCN(CC(=O)NC2CCN(CC)CC2)CC1. The summed E-state index contributed by atoms with van der Waals surface area (Å²) in [5, 5.41) is 3.20. The lowest BCUT2D eigenvalue weighted by atomic mass is 9.95. The molecule has 2 saturated heterocycles. The second-order valence-electron chi connectivity index (χ2n) is 7.94. The number of hydrogen-bond donors (Lipinski definition) is 1. The van der Waals surface area contributed by atoms with Crippen LogP contribution in [0.25, 0.3) is 0 Å². The van der Waals surface area contributed by atoms with Gasteiger partial charge in [-0.25, -0.2) is 0 Å². The number of nitrogens with one attached hydrogen (secondary N) is 1. The summed E-state index contributed by atoms with van der Waals surface area (Å²) in [6, 6.07) is 0.330. The Morgan fingerprint density at radius 3 is 2.19 bits per heavy atom. The summed E-state index contributed by atoms with van der Waals surface area (Å²) in [5.41, 5.74) is 0. The predicted octanol–water partition coefficient (Wildman–Crippen LogP) is 1.56. The molecule has 0 atom stereocenters. The maximum atomic E-state index is 12.5. The number of carbonyl (C=O) groups is 2. The summed E-state index contributed by atoms with van der Waals surface area (Å²) in [7, 11) is 1.92. The molecule has 2 aliphatic rings. The van der Waals surface area contributed by atoms with Crippen LogP contribution in [0.4, 0.5) is 0 Å². The fourth-order valence-electron chi connectivity index (χ4n) is 4.03. The van der Waals surface area contributed by atoms with Crippen molar-refractivity contribution in [2.24, 2.45) is 5.92 Å². The molecule has 2 rings (SSSR count). The third-order valence-corrected chi connectivity index (χ3v) is 5.93. The van der Waals surface area contributed by atoms with Gasteiger partial charge in [0, 0.05) is 38.6 Å². The lowest BCUT2D eigenvalue weighted by Gasteiger charge is -2.34. The van der Waals surface area contributed by atoms with Gasteiger partial charge < -0.3 is 15.1 Å². The first-order valence-electron chi connectivity index (χ1n) is 10.5. The Labute approximate surface area is 159 Å². The number of unbranched alkanes of at least 4 members (excludes halogenated alkanes) is 1. The van der Waals surface area contributed by atoms with E-state index in [4.69, 9.17) is 0 Å². The molecular weight excluding hydrogens is 328 g/mol. The van der Waals surface area contributed by atoms with Crippen LogP contribution in [0.3, 0.4) is 0 Å². The van der Waals surface area contributed by atoms with Crippen LogP contribution >= 0.6 is 0 Å². The molecule has 2 amide bonds. The van der Waals surface area contributed by atoms with Gasteiger partial charge in [0.15, 0.2) is 0 Å². The first-order chi connectivity index (χ1) is 12.5. The number of rotatable bonds is 8. The summed E-state index contributed by atoms with van der Waals surface area (Å²) in [4.78, 5) is 31.3. The van der Waals surface area contributed by atoms with Crippen molar-refractivity contribution in [1.29, 1.82) is 0 Å². The van der Waals surface area contributed by atoms with E-state index in [1.54, 1.807) is 0 Å². The molecule has 1 N–H and O–H groups in total. The highest BCUT2D eigenvalue weighted by Crippen LogP contribution is 2.19. The average Bonchev–Trinajstić information content (AvgIpc) is 2.66. The van der Waals surface area contributed by atoms with E-state index in [2.05, 4.69) is 29.0 Å². The Morgan fingerprint density at radius 1 is 1.00 bits per heavy atom. The van der Waals surface area contributed by atoms with E-state index in [1.807, 2.05) is 11.9 Å². The number of likely N-dealkylation sites (tertiary alicyclic amines) is 2. The van der Waals surface area contributed by atoms with Crippen molar-refractivity contribution in [3.63, 3.8) is 0 Å². The number of piperidine rings is 2. The third-order valence-electron chi connectivity index (χ3n) is 5.93. The van der Waals surface area contributed by atoms with Crippen molar-refractivity contribution in [2.45, 2.75) is 58.4 Å². The monoisotopic (exact) mass is 366 g/mol. The van der Waals surface area contributed by atoms with Gasteiger partial charge in [-0.2, -0.15) is 0 Å². The molecule has 0 bridgehead atoms. The van der Waals surface area contributed by atoms with Gasteiger partial charge in [0.2, 0.25) is 11.8 Å². The lowest BCUT2D eigenvalue weighted by molar-refractivity contribution is -0.135. The highest BCUT2D eigenvalue weighted by Gasteiger charge is 2.28. The van der Waals surface area contributed by atoms with Gasteiger partial charge >= 0.3 is 0 Å². The summed E-state index contributed by atoms with van der Waals surface area (Å²) < 4.78 is 0. The fraction of sp³-hybridized carbons (Fsp3) is 0.900. The molecule has 2 heterocycles.